The molecule has 1 aromatic heterocycles. The van der Waals surface area contributed by atoms with E-state index < -0.39 is 11.9 Å². The number of fused-ring (bicyclic) bond motifs is 2. The Kier molecular flexibility index (Phi) is 7.67. The molecule has 1 amide bonds. The zero-order chi connectivity index (χ0) is 25.1. The van der Waals surface area contributed by atoms with Crippen LogP contribution in [0.4, 0.5) is 0 Å². The normalized spacial score (nSPS) is 15.1. The topological polar surface area (TPSA) is 89.2 Å². The smallest absolute Gasteiger partial charge is 0.290 e. The van der Waals surface area contributed by atoms with Crippen molar-refractivity contribution < 1.29 is 23.8 Å². The first-order valence-corrected chi connectivity index (χ1v) is 12.3. The summed E-state index contributed by atoms with van der Waals surface area (Å²) in [5, 5.41) is 10.4. The van der Waals surface area contributed by atoms with E-state index in [1.54, 1.807) is 38.3 Å². The number of hydrogen-bond donors (Lipinski definition) is 1. The average Bonchev–Trinajstić information content (AvgIpc) is 3.12. The molecule has 0 radical (unpaired) electrons. The number of hydrogen-bond acceptors (Lipinski definition) is 6. The number of halogens is 1. The molecule has 1 aliphatic heterocycles. The van der Waals surface area contributed by atoms with Crippen molar-refractivity contribution in [3.63, 3.8) is 0 Å². The van der Waals surface area contributed by atoms with Gasteiger partial charge in [-0.1, -0.05) is 43.9 Å². The highest BCUT2D eigenvalue weighted by Crippen LogP contribution is 2.41. The first kappa shape index (κ1) is 25.1. The molecule has 1 aliphatic rings. The van der Waals surface area contributed by atoms with E-state index in [4.69, 9.17) is 25.5 Å². The Labute approximate surface area is 209 Å². The molecule has 0 bridgehead atoms. The van der Waals surface area contributed by atoms with Crippen molar-refractivity contribution in [3.05, 3.63) is 68.0 Å². The Morgan fingerprint density at radius 1 is 1.11 bits per heavy atom. The third-order valence-corrected chi connectivity index (χ3v) is 6.75. The minimum absolute atomic E-state index is 0.0158. The molecule has 0 aliphatic carbocycles. The summed E-state index contributed by atoms with van der Waals surface area (Å²) >= 11 is 6.28. The summed E-state index contributed by atoms with van der Waals surface area (Å²) in [6.45, 7) is 4.32. The first-order valence-electron chi connectivity index (χ1n) is 11.9. The lowest BCUT2D eigenvalue weighted by molar-refractivity contribution is 0.0691. The summed E-state index contributed by atoms with van der Waals surface area (Å²) in [5.41, 5.74) is 1.61. The second-order valence-corrected chi connectivity index (χ2v) is 9.12. The van der Waals surface area contributed by atoms with Crippen LogP contribution in [0.5, 0.6) is 11.5 Å². The van der Waals surface area contributed by atoms with Crippen LogP contribution in [0.3, 0.4) is 0 Å². The largest absolute Gasteiger partial charge is 0.493 e. The van der Waals surface area contributed by atoms with Gasteiger partial charge in [0.05, 0.1) is 37.3 Å². The number of rotatable bonds is 10. The highest BCUT2D eigenvalue weighted by molar-refractivity contribution is 6.32. The zero-order valence-electron chi connectivity index (χ0n) is 20.2. The Hall–Kier alpha value is -3.03. The Morgan fingerprint density at radius 2 is 1.91 bits per heavy atom. The fourth-order valence-electron chi connectivity index (χ4n) is 4.51. The maximum Gasteiger partial charge on any atom is 0.290 e. The van der Waals surface area contributed by atoms with E-state index >= 15 is 0 Å². The number of unbranched alkanes of at least 4 members (excludes halogenated alkanes) is 3. The van der Waals surface area contributed by atoms with Crippen molar-refractivity contribution in [2.75, 3.05) is 26.9 Å². The fourth-order valence-corrected chi connectivity index (χ4v) is 4.67. The van der Waals surface area contributed by atoms with Crippen molar-refractivity contribution in [2.45, 2.75) is 45.6 Å². The maximum absolute atomic E-state index is 13.6. The first-order chi connectivity index (χ1) is 16.9. The maximum atomic E-state index is 13.6. The molecule has 8 heteroatoms. The van der Waals surface area contributed by atoms with Gasteiger partial charge in [0, 0.05) is 11.6 Å². The molecule has 0 fully saturated rings. The summed E-state index contributed by atoms with van der Waals surface area (Å²) < 4.78 is 17.4. The molecule has 0 saturated carbocycles. The van der Waals surface area contributed by atoms with Crippen LogP contribution in [0.2, 0.25) is 5.02 Å². The molecule has 7 nitrogen and oxygen atoms in total. The molecule has 1 atom stereocenters. The second kappa shape index (κ2) is 10.7. The van der Waals surface area contributed by atoms with Gasteiger partial charge < -0.3 is 23.9 Å². The highest BCUT2D eigenvalue weighted by atomic mass is 35.5. The molecule has 1 unspecified atom stereocenters. The van der Waals surface area contributed by atoms with Gasteiger partial charge in [0.15, 0.2) is 16.9 Å². The van der Waals surface area contributed by atoms with E-state index in [0.717, 1.165) is 31.2 Å². The van der Waals surface area contributed by atoms with Crippen molar-refractivity contribution in [2.24, 2.45) is 0 Å². The minimum Gasteiger partial charge on any atom is -0.493 e. The predicted molar refractivity (Wildman–Crippen MR) is 135 cm³/mol. The number of ether oxygens (including phenoxy) is 2. The monoisotopic (exact) mass is 499 g/mol. The molecule has 35 heavy (non-hydrogen) atoms. The molecule has 0 saturated heterocycles. The summed E-state index contributed by atoms with van der Waals surface area (Å²) in [6.07, 6.45) is 4.36. The van der Waals surface area contributed by atoms with Crippen LogP contribution in [-0.4, -0.2) is 42.8 Å². The number of carbonyl (C=O) groups is 1. The van der Waals surface area contributed by atoms with Crippen LogP contribution in [0, 0.1) is 6.92 Å². The van der Waals surface area contributed by atoms with E-state index in [9.17, 15) is 14.7 Å². The van der Waals surface area contributed by atoms with E-state index in [1.165, 1.54) is 4.90 Å². The highest BCUT2D eigenvalue weighted by Gasteiger charge is 2.42. The molecule has 4 rings (SSSR count). The van der Waals surface area contributed by atoms with Gasteiger partial charge in [0.2, 0.25) is 5.76 Å². The Bertz CT molecular complexity index is 1300. The third-order valence-electron chi connectivity index (χ3n) is 6.35. The van der Waals surface area contributed by atoms with E-state index in [0.29, 0.717) is 39.7 Å². The SMILES string of the molecule is CCCCCCOc1ccc(C2c3c(oc4cc(C)c(Cl)cc4c3=O)C(=O)N2CCO)cc1OC. The van der Waals surface area contributed by atoms with Gasteiger partial charge in [-0.2, -0.15) is 0 Å². The summed E-state index contributed by atoms with van der Waals surface area (Å²) in [5.74, 6) is 0.643. The summed E-state index contributed by atoms with van der Waals surface area (Å²) in [4.78, 5) is 28.3. The van der Waals surface area contributed by atoms with Crippen molar-refractivity contribution >= 4 is 28.5 Å². The van der Waals surface area contributed by atoms with Crippen molar-refractivity contribution in [1.29, 1.82) is 0 Å². The van der Waals surface area contributed by atoms with Gasteiger partial charge in [-0.15, -0.1) is 0 Å². The number of β-amino-alcohol motifs (C(OH)–C–C–N with tert-alkyl or cyclic N) is 1. The van der Waals surface area contributed by atoms with E-state index in [2.05, 4.69) is 6.92 Å². The Balaban J connectivity index is 1.77. The number of benzene rings is 2. The third kappa shape index (κ3) is 4.75. The van der Waals surface area contributed by atoms with Gasteiger partial charge in [0.25, 0.3) is 5.91 Å². The lowest BCUT2D eigenvalue weighted by atomic mass is 9.98. The number of amides is 1. The summed E-state index contributed by atoms with van der Waals surface area (Å²) in [6, 6.07) is 7.86. The van der Waals surface area contributed by atoms with Gasteiger partial charge in [0.1, 0.15) is 5.58 Å². The lowest BCUT2D eigenvalue weighted by Gasteiger charge is -2.25. The zero-order valence-corrected chi connectivity index (χ0v) is 21.0. The Morgan fingerprint density at radius 3 is 2.63 bits per heavy atom. The molecular weight excluding hydrogens is 470 g/mol. The fraction of sp³-hybridized carbons (Fsp3) is 0.407. The van der Waals surface area contributed by atoms with Crippen LogP contribution in [0.1, 0.15) is 65.9 Å². The van der Waals surface area contributed by atoms with Crippen LogP contribution in [0.25, 0.3) is 11.0 Å². The van der Waals surface area contributed by atoms with Crippen LogP contribution >= 0.6 is 11.6 Å². The molecule has 1 N–H and O–H groups in total. The van der Waals surface area contributed by atoms with Crippen LogP contribution < -0.4 is 14.9 Å². The van der Waals surface area contributed by atoms with Crippen molar-refractivity contribution in [3.8, 4) is 11.5 Å². The van der Waals surface area contributed by atoms with Crippen LogP contribution in [0.15, 0.2) is 39.5 Å². The lowest BCUT2D eigenvalue weighted by Crippen LogP contribution is -2.32. The molecule has 2 heterocycles. The minimum atomic E-state index is -0.738. The summed E-state index contributed by atoms with van der Waals surface area (Å²) in [7, 11) is 1.55. The molecular formula is C27H30ClNO6. The van der Waals surface area contributed by atoms with Crippen molar-refractivity contribution in [1.82, 2.24) is 4.90 Å². The molecule has 2 aromatic carbocycles. The number of carbonyl (C=O) groups excluding carboxylic acids is 1. The molecule has 3 aromatic rings. The van der Waals surface area contributed by atoms with Gasteiger partial charge >= 0.3 is 0 Å². The predicted octanol–water partition coefficient (Wildman–Crippen LogP) is 5.26. The molecule has 0 spiro atoms. The number of nitrogens with zero attached hydrogens (tertiary/aromatic N) is 1. The number of aryl methyl sites for hydroxylation is 1. The van der Waals surface area contributed by atoms with E-state index in [-0.39, 0.29) is 29.9 Å². The number of aliphatic hydroxyl groups excluding tert-OH is 1. The van der Waals surface area contributed by atoms with E-state index in [1.807, 2.05) is 6.07 Å². The average molecular weight is 500 g/mol. The quantitative estimate of drug-likeness (QED) is 0.383. The number of aliphatic hydroxyl groups is 1. The van der Waals surface area contributed by atoms with Gasteiger partial charge in [-0.3, -0.25) is 9.59 Å². The second-order valence-electron chi connectivity index (χ2n) is 8.72. The van der Waals surface area contributed by atoms with Gasteiger partial charge in [-0.25, -0.2) is 0 Å². The number of methoxy groups -OCH3 is 1. The van der Waals surface area contributed by atoms with Crippen LogP contribution in [-0.2, 0) is 0 Å². The molecule has 186 valence electrons. The standard InChI is InChI=1S/C27H30ClNO6/c1-4-5-6-7-12-34-20-9-8-17(14-22(20)33-3)24-23-25(31)18-15-19(28)16(2)13-21(18)35-26(23)27(32)29(24)10-11-30/h8-9,13-15,24,30H,4-7,10-12H2,1-3H3. The van der Waals surface area contributed by atoms with Gasteiger partial charge in [-0.05, 0) is 48.7 Å².